The van der Waals surface area contributed by atoms with Gasteiger partial charge in [0.1, 0.15) is 0 Å². The van der Waals surface area contributed by atoms with Gasteiger partial charge in [0.05, 0.1) is 18.8 Å². The summed E-state index contributed by atoms with van der Waals surface area (Å²) in [5.74, 6) is 0. The van der Waals surface area contributed by atoms with E-state index >= 15 is 0 Å². The summed E-state index contributed by atoms with van der Waals surface area (Å²) < 4.78 is 14.8. The first kappa shape index (κ1) is 28.3. The predicted molar refractivity (Wildman–Crippen MR) is 109 cm³/mol. The van der Waals surface area contributed by atoms with Crippen LogP contribution >= 0.6 is 20.2 Å². The highest BCUT2D eigenvalue weighted by Crippen LogP contribution is 2.35. The third kappa shape index (κ3) is 20.4. The van der Waals surface area contributed by atoms with Gasteiger partial charge in [0.25, 0.3) is 0 Å². The van der Waals surface area contributed by atoms with Gasteiger partial charge in [-0.3, -0.25) is 4.52 Å². The van der Waals surface area contributed by atoms with Crippen molar-refractivity contribution in [2.45, 2.75) is 96.1 Å². The Bertz CT molecular complexity index is 379. The van der Waals surface area contributed by atoms with Crippen molar-refractivity contribution in [3.63, 3.8) is 0 Å². The standard InChI is InChI=1S/C18H38NO5P.ClH/c1-2-3-4-5-6-7-8-9-10-11-12-13-14-15-18(20)17(19)16-24-25(21,22)23;/h14-15,17-18,20H,2-13,16,19H2,1H3,(H2,21,22,23);1H/b15-14+;. The van der Waals surface area contributed by atoms with E-state index in [1.54, 1.807) is 6.08 Å². The second kappa shape index (κ2) is 18.4. The second-order valence-electron chi connectivity index (χ2n) is 6.69. The van der Waals surface area contributed by atoms with E-state index in [1.807, 2.05) is 6.08 Å². The van der Waals surface area contributed by atoms with Crippen molar-refractivity contribution in [2.24, 2.45) is 5.73 Å². The van der Waals surface area contributed by atoms with Gasteiger partial charge in [-0.05, 0) is 12.8 Å². The molecule has 8 heteroatoms. The molecule has 0 saturated heterocycles. The molecular weight excluding hydrogens is 377 g/mol. The van der Waals surface area contributed by atoms with Crippen molar-refractivity contribution >= 4 is 20.2 Å². The van der Waals surface area contributed by atoms with Gasteiger partial charge in [0.15, 0.2) is 0 Å². The lowest BCUT2D eigenvalue weighted by atomic mass is 10.0. The van der Waals surface area contributed by atoms with Crippen LogP contribution in [0.4, 0.5) is 0 Å². The van der Waals surface area contributed by atoms with Gasteiger partial charge in [-0.15, -0.1) is 12.4 Å². The molecule has 0 aromatic rings. The Hall–Kier alpha value is 0.0600. The van der Waals surface area contributed by atoms with Gasteiger partial charge in [0, 0.05) is 0 Å². The third-order valence-corrected chi connectivity index (χ3v) is 4.67. The summed E-state index contributed by atoms with van der Waals surface area (Å²) in [7, 11) is -4.53. The van der Waals surface area contributed by atoms with Crippen molar-refractivity contribution in [3.05, 3.63) is 12.2 Å². The van der Waals surface area contributed by atoms with Gasteiger partial charge < -0.3 is 20.6 Å². The minimum Gasteiger partial charge on any atom is -0.387 e. The number of hydrogen-bond donors (Lipinski definition) is 4. The van der Waals surface area contributed by atoms with E-state index in [0.29, 0.717) is 0 Å². The molecule has 6 nitrogen and oxygen atoms in total. The molecular formula is C18H39ClNO5P. The Morgan fingerprint density at radius 2 is 1.42 bits per heavy atom. The maximum atomic E-state index is 10.6. The zero-order chi connectivity index (χ0) is 19.0. The molecule has 0 saturated carbocycles. The lowest BCUT2D eigenvalue weighted by Crippen LogP contribution is -2.37. The molecule has 0 bridgehead atoms. The number of aliphatic hydroxyl groups excluding tert-OH is 1. The van der Waals surface area contributed by atoms with Crippen LogP contribution in [0.5, 0.6) is 0 Å². The SMILES string of the molecule is CCCCCCCCCCCCC/C=C/C(O)C(N)COP(=O)(O)O.Cl. The Morgan fingerprint density at radius 3 is 1.88 bits per heavy atom. The summed E-state index contributed by atoms with van der Waals surface area (Å²) in [6.45, 7) is 1.86. The third-order valence-electron chi connectivity index (χ3n) is 4.18. The molecule has 0 radical (unpaired) electrons. The van der Waals surface area contributed by atoms with Crippen LogP contribution in [0.3, 0.4) is 0 Å². The Balaban J connectivity index is 0. The van der Waals surface area contributed by atoms with E-state index in [1.165, 1.54) is 64.2 Å². The van der Waals surface area contributed by atoms with Crippen molar-refractivity contribution in [3.8, 4) is 0 Å². The first-order valence-electron chi connectivity index (χ1n) is 9.67. The monoisotopic (exact) mass is 415 g/mol. The number of aliphatic hydroxyl groups is 1. The van der Waals surface area contributed by atoms with Crippen LogP contribution in [0.1, 0.15) is 84.0 Å². The van der Waals surface area contributed by atoms with E-state index in [2.05, 4.69) is 11.4 Å². The zero-order valence-corrected chi connectivity index (χ0v) is 17.8. The molecule has 2 atom stereocenters. The number of phosphoric acid groups is 1. The number of unbranched alkanes of at least 4 members (excludes halogenated alkanes) is 11. The number of allylic oxidation sites excluding steroid dienone is 1. The highest BCUT2D eigenvalue weighted by atomic mass is 35.5. The van der Waals surface area contributed by atoms with Gasteiger partial charge in [-0.1, -0.05) is 83.3 Å². The number of rotatable bonds is 17. The minimum absolute atomic E-state index is 0. The van der Waals surface area contributed by atoms with E-state index in [-0.39, 0.29) is 19.0 Å². The van der Waals surface area contributed by atoms with Crippen LogP contribution in [0.25, 0.3) is 0 Å². The molecule has 158 valence electrons. The highest BCUT2D eigenvalue weighted by molar-refractivity contribution is 7.46. The fourth-order valence-corrected chi connectivity index (χ4v) is 2.95. The fraction of sp³-hybridized carbons (Fsp3) is 0.889. The van der Waals surface area contributed by atoms with Crippen LogP contribution in [0.15, 0.2) is 12.2 Å². The first-order valence-corrected chi connectivity index (χ1v) is 11.2. The molecule has 26 heavy (non-hydrogen) atoms. The smallest absolute Gasteiger partial charge is 0.387 e. The second-order valence-corrected chi connectivity index (χ2v) is 7.93. The summed E-state index contributed by atoms with van der Waals surface area (Å²) in [5.41, 5.74) is 5.60. The van der Waals surface area contributed by atoms with E-state index in [9.17, 15) is 9.67 Å². The Labute approximate surface area is 165 Å². The fourth-order valence-electron chi connectivity index (χ4n) is 2.59. The highest BCUT2D eigenvalue weighted by Gasteiger charge is 2.19. The first-order chi connectivity index (χ1) is 11.9. The summed E-state index contributed by atoms with van der Waals surface area (Å²) >= 11 is 0. The van der Waals surface area contributed by atoms with Crippen molar-refractivity contribution in [1.82, 2.24) is 0 Å². The molecule has 5 N–H and O–H groups in total. The Morgan fingerprint density at radius 1 is 0.962 bits per heavy atom. The lowest BCUT2D eigenvalue weighted by Gasteiger charge is -2.15. The molecule has 0 rings (SSSR count). The predicted octanol–water partition coefficient (Wildman–Crippen LogP) is 4.46. The van der Waals surface area contributed by atoms with Crippen molar-refractivity contribution in [1.29, 1.82) is 0 Å². The van der Waals surface area contributed by atoms with E-state index in [4.69, 9.17) is 15.5 Å². The quantitative estimate of drug-likeness (QED) is 0.158. The van der Waals surface area contributed by atoms with E-state index in [0.717, 1.165) is 12.8 Å². The number of halogens is 1. The van der Waals surface area contributed by atoms with Crippen LogP contribution in [-0.4, -0.2) is 33.6 Å². The van der Waals surface area contributed by atoms with Crippen LogP contribution in [0, 0.1) is 0 Å². The molecule has 0 fully saturated rings. The molecule has 0 amide bonds. The summed E-state index contributed by atoms with van der Waals surface area (Å²) in [4.78, 5) is 17.2. The summed E-state index contributed by atoms with van der Waals surface area (Å²) in [5, 5.41) is 9.75. The zero-order valence-electron chi connectivity index (χ0n) is 16.1. The normalized spacial score (nSPS) is 14.3. The van der Waals surface area contributed by atoms with E-state index < -0.39 is 20.0 Å². The average molecular weight is 416 g/mol. The van der Waals surface area contributed by atoms with Crippen LogP contribution in [0.2, 0.25) is 0 Å². The van der Waals surface area contributed by atoms with Crippen molar-refractivity contribution < 1.29 is 24.0 Å². The maximum Gasteiger partial charge on any atom is 0.469 e. The van der Waals surface area contributed by atoms with Crippen LogP contribution < -0.4 is 5.73 Å². The number of nitrogens with two attached hydrogens (primary N) is 1. The summed E-state index contributed by atoms with van der Waals surface area (Å²) in [6.07, 6.45) is 17.6. The molecule has 0 aromatic heterocycles. The molecule has 0 aliphatic carbocycles. The van der Waals surface area contributed by atoms with Crippen molar-refractivity contribution in [2.75, 3.05) is 6.61 Å². The van der Waals surface area contributed by atoms with Gasteiger partial charge in [0.2, 0.25) is 0 Å². The minimum atomic E-state index is -4.53. The molecule has 0 spiro atoms. The molecule has 2 unspecified atom stereocenters. The van der Waals surface area contributed by atoms with Crippen LogP contribution in [-0.2, 0) is 9.09 Å². The molecule has 0 aliphatic heterocycles. The number of phosphoric ester groups is 1. The Kier molecular flexibility index (Phi) is 20.0. The molecule has 0 aliphatic rings. The average Bonchev–Trinajstić information content (AvgIpc) is 2.56. The van der Waals surface area contributed by atoms with Gasteiger partial charge >= 0.3 is 7.82 Å². The molecule has 0 aromatic carbocycles. The summed E-state index contributed by atoms with van der Waals surface area (Å²) in [6, 6.07) is -0.846. The number of hydrogen-bond acceptors (Lipinski definition) is 4. The molecule has 0 heterocycles. The van der Waals surface area contributed by atoms with Gasteiger partial charge in [-0.25, -0.2) is 4.57 Å². The largest absolute Gasteiger partial charge is 0.469 e. The topological polar surface area (TPSA) is 113 Å². The van der Waals surface area contributed by atoms with Gasteiger partial charge in [-0.2, -0.15) is 0 Å². The lowest BCUT2D eigenvalue weighted by molar-refractivity contribution is 0.129. The maximum absolute atomic E-state index is 10.6.